The Hall–Kier alpha value is -2.66. The van der Waals surface area contributed by atoms with E-state index >= 15 is 0 Å². The van der Waals surface area contributed by atoms with Gasteiger partial charge in [0.15, 0.2) is 0 Å². The van der Waals surface area contributed by atoms with E-state index in [0.29, 0.717) is 13.1 Å². The summed E-state index contributed by atoms with van der Waals surface area (Å²) in [7, 11) is 1.99. The minimum atomic E-state index is 0.0587. The molecule has 29 heavy (non-hydrogen) atoms. The second-order valence-corrected chi connectivity index (χ2v) is 8.07. The van der Waals surface area contributed by atoms with Crippen LogP contribution in [0, 0.1) is 0 Å². The molecule has 0 unspecified atom stereocenters. The second-order valence-electron chi connectivity index (χ2n) is 8.07. The molecule has 0 N–H and O–H groups in total. The Kier molecular flexibility index (Phi) is 6.25. The lowest BCUT2D eigenvalue weighted by Gasteiger charge is -2.29. The summed E-state index contributed by atoms with van der Waals surface area (Å²) < 4.78 is 0. The molecule has 4 rings (SSSR count). The number of hydrogen-bond donors (Lipinski definition) is 0. The number of carbonyl (C=O) groups is 1. The number of anilines is 1. The predicted molar refractivity (Wildman–Crippen MR) is 118 cm³/mol. The van der Waals surface area contributed by atoms with Crippen molar-refractivity contribution in [3.8, 4) is 0 Å². The van der Waals surface area contributed by atoms with Crippen LogP contribution in [0.1, 0.15) is 36.8 Å². The highest BCUT2D eigenvalue weighted by molar-refractivity contribution is 6.02. The molecular weight excluding hydrogens is 360 g/mol. The summed E-state index contributed by atoms with van der Waals surface area (Å²) in [4.78, 5) is 17.2. The van der Waals surface area contributed by atoms with E-state index in [1.54, 1.807) is 5.01 Å². The number of hydrogen-bond acceptors (Lipinski definition) is 4. The molecule has 1 amide bonds. The van der Waals surface area contributed by atoms with Gasteiger partial charge in [-0.05, 0) is 49.6 Å². The summed E-state index contributed by atoms with van der Waals surface area (Å²) >= 11 is 0. The molecule has 0 bridgehead atoms. The van der Waals surface area contributed by atoms with Crippen molar-refractivity contribution in [3.05, 3.63) is 65.7 Å². The fourth-order valence-electron chi connectivity index (χ4n) is 4.11. The maximum atomic E-state index is 12.7. The largest absolute Gasteiger partial charge is 0.372 e. The second kappa shape index (κ2) is 9.23. The third-order valence-corrected chi connectivity index (χ3v) is 5.71. The van der Waals surface area contributed by atoms with Crippen LogP contribution in [0.15, 0.2) is 59.7 Å². The van der Waals surface area contributed by atoms with E-state index in [1.807, 2.05) is 37.4 Å². The zero-order valence-corrected chi connectivity index (χ0v) is 17.3. The van der Waals surface area contributed by atoms with Crippen molar-refractivity contribution in [2.45, 2.75) is 32.2 Å². The Balaban J connectivity index is 1.29. The van der Waals surface area contributed by atoms with Crippen molar-refractivity contribution >= 4 is 17.3 Å². The van der Waals surface area contributed by atoms with Gasteiger partial charge in [-0.15, -0.1) is 0 Å². The molecule has 2 aromatic rings. The number of nitrogens with zero attached hydrogens (tertiary/aromatic N) is 4. The molecule has 2 aliphatic rings. The van der Waals surface area contributed by atoms with Gasteiger partial charge in [0.05, 0.1) is 18.8 Å². The smallest absolute Gasteiger partial charge is 0.256 e. The van der Waals surface area contributed by atoms with Gasteiger partial charge in [0.25, 0.3) is 5.91 Å². The number of amides is 1. The van der Waals surface area contributed by atoms with Gasteiger partial charge in [-0.3, -0.25) is 9.69 Å². The zero-order valence-electron chi connectivity index (χ0n) is 17.3. The number of benzene rings is 2. The number of rotatable bonds is 6. The Morgan fingerprint density at radius 3 is 2.41 bits per heavy atom. The zero-order chi connectivity index (χ0) is 20.1. The number of likely N-dealkylation sites (N-methyl/N-ethyl adjacent to an activating group) is 1. The monoisotopic (exact) mass is 390 g/mol. The lowest BCUT2D eigenvalue weighted by molar-refractivity contribution is -0.131. The maximum Gasteiger partial charge on any atom is 0.256 e. The topological polar surface area (TPSA) is 39.2 Å². The molecule has 1 fully saturated rings. The first-order chi connectivity index (χ1) is 14.2. The molecule has 0 saturated carbocycles. The van der Waals surface area contributed by atoms with Crippen LogP contribution in [0.3, 0.4) is 0 Å². The lowest BCUT2D eigenvalue weighted by atomic mass is 10.1. The minimum Gasteiger partial charge on any atom is -0.372 e. The van der Waals surface area contributed by atoms with Crippen molar-refractivity contribution in [2.24, 2.45) is 5.10 Å². The number of piperidine rings is 1. The summed E-state index contributed by atoms with van der Waals surface area (Å²) in [5.74, 6) is 0.0587. The molecule has 0 atom stereocenters. The van der Waals surface area contributed by atoms with Gasteiger partial charge in [0, 0.05) is 31.7 Å². The fourth-order valence-corrected chi connectivity index (χ4v) is 4.11. The number of carbonyl (C=O) groups excluding carboxylic acids is 1. The average molecular weight is 391 g/mol. The molecule has 0 aliphatic carbocycles. The summed E-state index contributed by atoms with van der Waals surface area (Å²) in [6.45, 7) is 4.13. The van der Waals surface area contributed by atoms with E-state index < -0.39 is 0 Å². The third-order valence-electron chi connectivity index (χ3n) is 5.71. The van der Waals surface area contributed by atoms with E-state index in [4.69, 9.17) is 0 Å². The van der Waals surface area contributed by atoms with Gasteiger partial charge < -0.3 is 4.90 Å². The van der Waals surface area contributed by atoms with Gasteiger partial charge >= 0.3 is 0 Å². The van der Waals surface area contributed by atoms with Crippen molar-refractivity contribution in [1.29, 1.82) is 0 Å². The van der Waals surface area contributed by atoms with Gasteiger partial charge in [-0.2, -0.15) is 5.10 Å². The van der Waals surface area contributed by atoms with Gasteiger partial charge in [0.2, 0.25) is 0 Å². The maximum absolute atomic E-state index is 12.7. The summed E-state index contributed by atoms with van der Waals surface area (Å²) in [6, 6.07) is 18.9. The van der Waals surface area contributed by atoms with Crippen LogP contribution in [0.25, 0.3) is 0 Å². The SMILES string of the molecule is CN(CC(=O)N1CCC(c2ccccc2)=N1)Cc1ccc(N2CCCCC2)cc1. The average Bonchev–Trinajstić information content (AvgIpc) is 3.26. The van der Waals surface area contributed by atoms with Gasteiger partial charge in [-0.25, -0.2) is 5.01 Å². The minimum absolute atomic E-state index is 0.0587. The van der Waals surface area contributed by atoms with E-state index in [-0.39, 0.29) is 5.91 Å². The molecular formula is C24H30N4O. The summed E-state index contributed by atoms with van der Waals surface area (Å²) in [5.41, 5.74) is 4.64. The molecule has 5 nitrogen and oxygen atoms in total. The van der Waals surface area contributed by atoms with Crippen LogP contribution < -0.4 is 4.90 Å². The third kappa shape index (κ3) is 5.04. The van der Waals surface area contributed by atoms with Crippen LogP contribution >= 0.6 is 0 Å². The van der Waals surface area contributed by atoms with Crippen molar-refractivity contribution < 1.29 is 4.79 Å². The fraction of sp³-hybridized carbons (Fsp3) is 0.417. The predicted octanol–water partition coefficient (Wildman–Crippen LogP) is 3.75. The molecule has 0 spiro atoms. The van der Waals surface area contributed by atoms with Gasteiger partial charge in [-0.1, -0.05) is 42.5 Å². The highest BCUT2D eigenvalue weighted by atomic mass is 16.2. The molecule has 2 heterocycles. The summed E-state index contributed by atoms with van der Waals surface area (Å²) in [6.07, 6.45) is 4.74. The van der Waals surface area contributed by atoms with Crippen LogP contribution in [0.2, 0.25) is 0 Å². The first-order valence-corrected chi connectivity index (χ1v) is 10.6. The summed E-state index contributed by atoms with van der Waals surface area (Å²) in [5, 5.41) is 6.17. The van der Waals surface area contributed by atoms with Crippen molar-refractivity contribution in [1.82, 2.24) is 9.91 Å². The number of hydrazone groups is 1. The van der Waals surface area contributed by atoms with E-state index in [1.165, 1.54) is 30.5 Å². The molecule has 5 heteroatoms. The normalized spacial score (nSPS) is 17.0. The Morgan fingerprint density at radius 2 is 1.69 bits per heavy atom. The molecule has 2 aromatic carbocycles. The standard InChI is InChI=1S/C24H30N4O/c1-26(18-20-10-12-22(13-11-20)27-15-6-3-7-16-27)19-24(29)28-17-14-23(25-28)21-8-4-2-5-9-21/h2,4-5,8-13H,3,6-7,14-19H2,1H3. The van der Waals surface area contributed by atoms with Gasteiger partial charge in [0.1, 0.15) is 0 Å². The Bertz CT molecular complexity index is 841. The molecule has 152 valence electrons. The highest BCUT2D eigenvalue weighted by Crippen LogP contribution is 2.21. The molecule has 0 radical (unpaired) electrons. The van der Waals surface area contributed by atoms with Crippen LogP contribution in [-0.4, -0.2) is 54.8 Å². The molecule has 0 aromatic heterocycles. The molecule has 1 saturated heterocycles. The Labute approximate surface area is 173 Å². The van der Waals surface area contributed by atoms with E-state index in [2.05, 4.69) is 39.2 Å². The first kappa shape index (κ1) is 19.6. The highest BCUT2D eigenvalue weighted by Gasteiger charge is 2.22. The van der Waals surface area contributed by atoms with Crippen LogP contribution in [-0.2, 0) is 11.3 Å². The van der Waals surface area contributed by atoms with E-state index in [0.717, 1.165) is 37.3 Å². The quantitative estimate of drug-likeness (QED) is 0.754. The molecule has 2 aliphatic heterocycles. The van der Waals surface area contributed by atoms with Crippen LogP contribution in [0.4, 0.5) is 5.69 Å². The first-order valence-electron chi connectivity index (χ1n) is 10.6. The van der Waals surface area contributed by atoms with Crippen LogP contribution in [0.5, 0.6) is 0 Å². The van der Waals surface area contributed by atoms with Crippen molar-refractivity contribution in [2.75, 3.05) is 38.1 Å². The lowest BCUT2D eigenvalue weighted by Crippen LogP contribution is -2.34. The van der Waals surface area contributed by atoms with E-state index in [9.17, 15) is 4.79 Å². The van der Waals surface area contributed by atoms with Crippen molar-refractivity contribution in [3.63, 3.8) is 0 Å². The Morgan fingerprint density at radius 1 is 0.966 bits per heavy atom.